The maximum absolute atomic E-state index is 12.7. The van der Waals surface area contributed by atoms with Crippen LogP contribution in [0.3, 0.4) is 0 Å². The standard InChI is InChI=1S/C25H35N5O3/c1-17-14-30(24(32)33-25(3,4)5)18(2)13-29(17)22-20-11-12-28(15-19-9-7-6-8-10-19)16-21(20)26-23(31)27-22/h6-10,17-18H,11-16H2,1-5H3,(H,26,27,31)/t17-,18+/m0/s1. The minimum Gasteiger partial charge on any atom is -0.444 e. The normalized spacial score (nSPS) is 21.6. The van der Waals surface area contributed by atoms with E-state index >= 15 is 0 Å². The number of H-pyrrole nitrogens is 1. The van der Waals surface area contributed by atoms with Crippen LogP contribution in [0.2, 0.25) is 0 Å². The van der Waals surface area contributed by atoms with Gasteiger partial charge in [0.1, 0.15) is 11.4 Å². The van der Waals surface area contributed by atoms with Crippen LogP contribution in [0.4, 0.5) is 10.6 Å². The molecular formula is C25H35N5O3. The summed E-state index contributed by atoms with van der Waals surface area (Å²) >= 11 is 0. The molecule has 0 bridgehead atoms. The van der Waals surface area contributed by atoms with Gasteiger partial charge >= 0.3 is 11.8 Å². The van der Waals surface area contributed by atoms with E-state index in [1.54, 1.807) is 4.90 Å². The quantitative estimate of drug-likeness (QED) is 0.769. The number of aromatic nitrogens is 2. The average molecular weight is 454 g/mol. The van der Waals surface area contributed by atoms with Crippen LogP contribution in [-0.2, 0) is 24.2 Å². The van der Waals surface area contributed by atoms with Gasteiger partial charge in [-0.25, -0.2) is 9.59 Å². The second-order valence-electron chi connectivity index (χ2n) is 10.3. The van der Waals surface area contributed by atoms with Gasteiger partial charge in [0.25, 0.3) is 0 Å². The summed E-state index contributed by atoms with van der Waals surface area (Å²) < 4.78 is 5.60. The van der Waals surface area contributed by atoms with E-state index in [2.05, 4.69) is 51.0 Å². The lowest BCUT2D eigenvalue weighted by atomic mass is 10.0. The Balaban J connectivity index is 1.52. The number of anilines is 1. The van der Waals surface area contributed by atoms with Crippen molar-refractivity contribution in [3.8, 4) is 0 Å². The van der Waals surface area contributed by atoms with Crippen LogP contribution < -0.4 is 10.6 Å². The molecule has 1 aromatic carbocycles. The van der Waals surface area contributed by atoms with Crippen LogP contribution in [0.1, 0.15) is 51.4 Å². The van der Waals surface area contributed by atoms with E-state index in [0.29, 0.717) is 19.6 Å². The molecule has 2 aliphatic heterocycles. The zero-order chi connectivity index (χ0) is 23.8. The van der Waals surface area contributed by atoms with Crippen molar-refractivity contribution in [2.75, 3.05) is 24.5 Å². The largest absolute Gasteiger partial charge is 0.444 e. The van der Waals surface area contributed by atoms with Gasteiger partial charge in [0.15, 0.2) is 0 Å². The molecule has 8 nitrogen and oxygen atoms in total. The average Bonchev–Trinajstić information content (AvgIpc) is 2.73. The predicted octanol–water partition coefficient (Wildman–Crippen LogP) is 3.16. The second kappa shape index (κ2) is 9.17. The summed E-state index contributed by atoms with van der Waals surface area (Å²) in [5.74, 6) is 0.760. The van der Waals surface area contributed by atoms with Crippen molar-refractivity contribution < 1.29 is 9.53 Å². The Morgan fingerprint density at radius 1 is 1.15 bits per heavy atom. The van der Waals surface area contributed by atoms with Gasteiger partial charge in [0.05, 0.1) is 0 Å². The lowest BCUT2D eigenvalue weighted by Crippen LogP contribution is -2.59. The first-order valence-corrected chi connectivity index (χ1v) is 11.8. The van der Waals surface area contributed by atoms with Crippen molar-refractivity contribution in [3.63, 3.8) is 0 Å². The van der Waals surface area contributed by atoms with Gasteiger partial charge in [0, 0.05) is 56.1 Å². The SMILES string of the molecule is C[C@@H]1CN(c2nc(=O)[nH]c3c2CCN(Cc2ccccc2)C3)[C@@H](C)CN1C(=O)OC(C)(C)C. The summed E-state index contributed by atoms with van der Waals surface area (Å²) in [5, 5.41) is 0. The highest BCUT2D eigenvalue weighted by Gasteiger charge is 2.36. The third-order valence-corrected chi connectivity index (χ3v) is 6.29. The van der Waals surface area contributed by atoms with Crippen molar-refractivity contribution in [1.82, 2.24) is 19.8 Å². The number of carbonyl (C=O) groups is 1. The van der Waals surface area contributed by atoms with Crippen LogP contribution >= 0.6 is 0 Å². The van der Waals surface area contributed by atoms with E-state index < -0.39 is 5.60 Å². The van der Waals surface area contributed by atoms with Gasteiger partial charge in [-0.2, -0.15) is 4.98 Å². The number of amides is 1. The zero-order valence-electron chi connectivity index (χ0n) is 20.3. The van der Waals surface area contributed by atoms with Gasteiger partial charge in [-0.15, -0.1) is 0 Å². The van der Waals surface area contributed by atoms with Crippen LogP contribution in [-0.4, -0.2) is 63.2 Å². The van der Waals surface area contributed by atoms with E-state index in [1.165, 1.54) is 5.56 Å². The summed E-state index contributed by atoms with van der Waals surface area (Å²) in [7, 11) is 0. The molecule has 1 N–H and O–H groups in total. The first-order valence-electron chi connectivity index (χ1n) is 11.8. The molecule has 2 aliphatic rings. The highest BCUT2D eigenvalue weighted by molar-refractivity contribution is 5.69. The molecule has 1 saturated heterocycles. The summed E-state index contributed by atoms with van der Waals surface area (Å²) in [6.45, 7) is 13.3. The van der Waals surface area contributed by atoms with Gasteiger partial charge in [-0.05, 0) is 46.6 Å². The molecule has 0 radical (unpaired) electrons. The van der Waals surface area contributed by atoms with E-state index in [0.717, 1.165) is 36.6 Å². The van der Waals surface area contributed by atoms with Crippen molar-refractivity contribution in [2.24, 2.45) is 0 Å². The van der Waals surface area contributed by atoms with Crippen molar-refractivity contribution >= 4 is 11.9 Å². The number of ether oxygens (including phenoxy) is 1. The summed E-state index contributed by atoms with van der Waals surface area (Å²) in [4.78, 5) is 38.9. The van der Waals surface area contributed by atoms with Gasteiger partial charge < -0.3 is 19.5 Å². The minimum absolute atomic E-state index is 0.0227. The molecule has 0 spiro atoms. The minimum atomic E-state index is -0.532. The molecular weight excluding hydrogens is 418 g/mol. The van der Waals surface area contributed by atoms with Crippen molar-refractivity contribution in [2.45, 2.75) is 71.8 Å². The topological polar surface area (TPSA) is 81.8 Å². The first-order chi connectivity index (χ1) is 15.6. The van der Waals surface area contributed by atoms with E-state index in [1.807, 2.05) is 33.8 Å². The summed E-state index contributed by atoms with van der Waals surface area (Å²) in [5.41, 5.74) is 2.47. The molecule has 8 heteroatoms. The highest BCUT2D eigenvalue weighted by Crippen LogP contribution is 2.29. The van der Waals surface area contributed by atoms with E-state index in [9.17, 15) is 9.59 Å². The van der Waals surface area contributed by atoms with Crippen LogP contribution in [0.25, 0.3) is 0 Å². The molecule has 0 saturated carbocycles. The number of benzene rings is 1. The van der Waals surface area contributed by atoms with E-state index in [4.69, 9.17) is 4.74 Å². The number of hydrogen-bond acceptors (Lipinski definition) is 6. The Bertz CT molecular complexity index is 1050. The predicted molar refractivity (Wildman–Crippen MR) is 128 cm³/mol. The fraction of sp³-hybridized carbons (Fsp3) is 0.560. The molecule has 2 atom stereocenters. The molecule has 0 unspecified atom stereocenters. The molecule has 2 aromatic rings. The Morgan fingerprint density at radius 2 is 1.88 bits per heavy atom. The molecule has 1 fully saturated rings. The van der Waals surface area contributed by atoms with Crippen molar-refractivity contribution in [3.05, 3.63) is 57.6 Å². The zero-order valence-corrected chi connectivity index (χ0v) is 20.3. The Labute approximate surface area is 195 Å². The number of rotatable bonds is 3. The van der Waals surface area contributed by atoms with Gasteiger partial charge in [0.2, 0.25) is 0 Å². The number of carbonyl (C=O) groups excluding carboxylic acids is 1. The molecule has 4 rings (SSSR count). The van der Waals surface area contributed by atoms with Gasteiger partial charge in [-0.3, -0.25) is 4.90 Å². The smallest absolute Gasteiger partial charge is 0.410 e. The maximum atomic E-state index is 12.7. The van der Waals surface area contributed by atoms with Crippen molar-refractivity contribution in [1.29, 1.82) is 0 Å². The number of nitrogens with zero attached hydrogens (tertiary/aromatic N) is 4. The molecule has 33 heavy (non-hydrogen) atoms. The molecule has 0 aliphatic carbocycles. The maximum Gasteiger partial charge on any atom is 0.410 e. The summed E-state index contributed by atoms with van der Waals surface area (Å²) in [6, 6.07) is 10.4. The number of nitrogens with one attached hydrogen (secondary N) is 1. The van der Waals surface area contributed by atoms with Crippen LogP contribution in [0.5, 0.6) is 0 Å². The van der Waals surface area contributed by atoms with E-state index in [-0.39, 0.29) is 23.9 Å². The lowest BCUT2D eigenvalue weighted by Gasteiger charge is -2.45. The van der Waals surface area contributed by atoms with Crippen LogP contribution in [0.15, 0.2) is 35.1 Å². The fourth-order valence-corrected chi connectivity index (χ4v) is 4.71. The second-order valence-corrected chi connectivity index (χ2v) is 10.3. The Morgan fingerprint density at radius 3 is 2.58 bits per heavy atom. The first kappa shape index (κ1) is 23.3. The lowest BCUT2D eigenvalue weighted by molar-refractivity contribution is 0.0129. The molecule has 1 aromatic heterocycles. The molecule has 3 heterocycles. The third kappa shape index (κ3) is 5.38. The molecule has 178 valence electrons. The number of piperazine rings is 1. The molecule has 1 amide bonds. The summed E-state index contributed by atoms with van der Waals surface area (Å²) in [6.07, 6.45) is 0.535. The monoisotopic (exact) mass is 453 g/mol. The number of fused-ring (bicyclic) bond motifs is 1. The van der Waals surface area contributed by atoms with Crippen LogP contribution in [0, 0.1) is 0 Å². The number of aromatic amines is 1. The Kier molecular flexibility index (Phi) is 6.47. The Hall–Kier alpha value is -2.87. The fourth-order valence-electron chi connectivity index (χ4n) is 4.71. The highest BCUT2D eigenvalue weighted by atomic mass is 16.6. The van der Waals surface area contributed by atoms with Gasteiger partial charge in [-0.1, -0.05) is 30.3 Å². The number of hydrogen-bond donors (Lipinski definition) is 1. The third-order valence-electron chi connectivity index (χ3n) is 6.29.